The van der Waals surface area contributed by atoms with Crippen molar-refractivity contribution < 1.29 is 8.78 Å². The van der Waals surface area contributed by atoms with Gasteiger partial charge in [-0.3, -0.25) is 4.57 Å². The topological polar surface area (TPSA) is 53.9 Å². The maximum atomic E-state index is 13.3. The molecule has 2 aromatic heterocycles. The number of imidazole rings is 1. The van der Waals surface area contributed by atoms with Crippen molar-refractivity contribution in [3.8, 4) is 5.69 Å². The SMILES string of the molecule is O=c1[nH]c2ccc(Cl)cc2n1-c1ccc(N2CCC(F)(F)C2)nc1. The fraction of sp³-hybridized carbons (Fsp3) is 0.250. The van der Waals surface area contributed by atoms with Crippen LogP contribution in [0.3, 0.4) is 0 Å². The van der Waals surface area contributed by atoms with Gasteiger partial charge in [0, 0.05) is 18.0 Å². The van der Waals surface area contributed by atoms with Gasteiger partial charge < -0.3 is 9.88 Å². The van der Waals surface area contributed by atoms with Crippen LogP contribution in [0.25, 0.3) is 16.7 Å². The van der Waals surface area contributed by atoms with E-state index in [4.69, 9.17) is 11.6 Å². The molecule has 0 unspecified atom stereocenters. The van der Waals surface area contributed by atoms with Crippen LogP contribution < -0.4 is 10.6 Å². The molecule has 1 aliphatic heterocycles. The number of nitrogens with one attached hydrogen (secondary N) is 1. The molecular formula is C16H13ClF2N4O. The molecule has 3 heterocycles. The van der Waals surface area contributed by atoms with Crippen molar-refractivity contribution in [1.29, 1.82) is 0 Å². The molecule has 0 saturated carbocycles. The minimum absolute atomic E-state index is 0.170. The Balaban J connectivity index is 1.72. The second kappa shape index (κ2) is 5.31. The van der Waals surface area contributed by atoms with E-state index in [0.717, 1.165) is 0 Å². The lowest BCUT2D eigenvalue weighted by Gasteiger charge is -2.17. The smallest absolute Gasteiger partial charge is 0.331 e. The third-order valence-electron chi connectivity index (χ3n) is 4.13. The molecular weight excluding hydrogens is 338 g/mol. The monoisotopic (exact) mass is 350 g/mol. The third-order valence-corrected chi connectivity index (χ3v) is 4.36. The average Bonchev–Trinajstić information content (AvgIpc) is 3.06. The highest BCUT2D eigenvalue weighted by atomic mass is 35.5. The van der Waals surface area contributed by atoms with Crippen LogP contribution in [-0.4, -0.2) is 33.5 Å². The van der Waals surface area contributed by atoms with Gasteiger partial charge in [-0.25, -0.2) is 18.6 Å². The largest absolute Gasteiger partial charge is 0.350 e. The van der Waals surface area contributed by atoms with Crippen molar-refractivity contribution in [2.45, 2.75) is 12.3 Å². The fourth-order valence-electron chi connectivity index (χ4n) is 2.96. The van der Waals surface area contributed by atoms with E-state index in [1.807, 2.05) is 0 Å². The van der Waals surface area contributed by atoms with Crippen LogP contribution >= 0.6 is 11.6 Å². The van der Waals surface area contributed by atoms with Gasteiger partial charge in [0.15, 0.2) is 0 Å². The van der Waals surface area contributed by atoms with Gasteiger partial charge in [0.05, 0.1) is 29.5 Å². The van der Waals surface area contributed by atoms with Gasteiger partial charge in [0.1, 0.15) is 5.82 Å². The number of hydrogen-bond acceptors (Lipinski definition) is 3. The summed E-state index contributed by atoms with van der Waals surface area (Å²) in [7, 11) is 0. The zero-order valence-electron chi connectivity index (χ0n) is 12.5. The van der Waals surface area contributed by atoms with E-state index < -0.39 is 5.92 Å². The van der Waals surface area contributed by atoms with E-state index in [1.165, 1.54) is 10.8 Å². The number of nitrogens with zero attached hydrogens (tertiary/aromatic N) is 3. The van der Waals surface area contributed by atoms with Crippen molar-refractivity contribution in [2.75, 3.05) is 18.0 Å². The maximum Gasteiger partial charge on any atom is 0.331 e. The average molecular weight is 351 g/mol. The molecule has 0 bridgehead atoms. The summed E-state index contributed by atoms with van der Waals surface area (Å²) in [5.74, 6) is -2.20. The van der Waals surface area contributed by atoms with Gasteiger partial charge >= 0.3 is 5.69 Å². The van der Waals surface area contributed by atoms with Crippen LogP contribution in [0.5, 0.6) is 0 Å². The number of rotatable bonds is 2. The standard InChI is InChI=1S/C16H13ClF2N4O/c17-10-1-3-12-13(7-10)23(15(24)21-12)11-2-4-14(20-8-11)22-6-5-16(18,19)9-22/h1-4,7-8H,5-6,9H2,(H,21,24). The summed E-state index contributed by atoms with van der Waals surface area (Å²) < 4.78 is 28.1. The molecule has 0 atom stereocenters. The Labute approximate surface area is 140 Å². The zero-order chi connectivity index (χ0) is 16.9. The van der Waals surface area contributed by atoms with Crippen LogP contribution in [0.15, 0.2) is 41.3 Å². The molecule has 1 fully saturated rings. The van der Waals surface area contributed by atoms with Crippen molar-refractivity contribution in [1.82, 2.24) is 14.5 Å². The van der Waals surface area contributed by atoms with E-state index in [2.05, 4.69) is 9.97 Å². The van der Waals surface area contributed by atoms with Gasteiger partial charge in [-0.05, 0) is 30.3 Å². The summed E-state index contributed by atoms with van der Waals surface area (Å²) in [4.78, 5) is 20.7. The molecule has 1 N–H and O–H groups in total. The van der Waals surface area contributed by atoms with Crippen LogP contribution in [0.2, 0.25) is 5.02 Å². The summed E-state index contributed by atoms with van der Waals surface area (Å²) in [5.41, 5.74) is 1.53. The molecule has 0 aliphatic carbocycles. The third kappa shape index (κ3) is 2.54. The molecule has 0 spiro atoms. The lowest BCUT2D eigenvalue weighted by Crippen LogP contribution is -2.25. The molecule has 3 aromatic rings. The Kier molecular flexibility index (Phi) is 3.35. The normalized spacial score (nSPS) is 16.9. The fourth-order valence-corrected chi connectivity index (χ4v) is 3.13. The number of hydrogen-bond donors (Lipinski definition) is 1. The van der Waals surface area contributed by atoms with Crippen LogP contribution in [0.1, 0.15) is 6.42 Å². The Morgan fingerprint density at radius 2 is 2.08 bits per heavy atom. The second-order valence-electron chi connectivity index (χ2n) is 5.83. The molecule has 5 nitrogen and oxygen atoms in total. The predicted molar refractivity (Wildman–Crippen MR) is 88.5 cm³/mol. The molecule has 124 valence electrons. The highest BCUT2D eigenvalue weighted by Gasteiger charge is 2.38. The van der Waals surface area contributed by atoms with Gasteiger partial charge in [-0.2, -0.15) is 0 Å². The number of H-pyrrole nitrogens is 1. The zero-order valence-corrected chi connectivity index (χ0v) is 13.2. The lowest BCUT2D eigenvalue weighted by atomic mass is 10.3. The van der Waals surface area contributed by atoms with Gasteiger partial charge in [-0.1, -0.05) is 11.6 Å². The molecule has 8 heteroatoms. The number of alkyl halides is 2. The first-order valence-electron chi connectivity index (χ1n) is 7.42. The van der Waals surface area contributed by atoms with Crippen molar-refractivity contribution in [2.24, 2.45) is 0 Å². The van der Waals surface area contributed by atoms with Crippen molar-refractivity contribution >= 4 is 28.5 Å². The molecule has 0 amide bonds. The Morgan fingerprint density at radius 3 is 2.75 bits per heavy atom. The minimum atomic E-state index is -2.68. The molecule has 0 radical (unpaired) electrons. The van der Waals surface area contributed by atoms with Gasteiger partial charge in [0.2, 0.25) is 0 Å². The van der Waals surface area contributed by atoms with E-state index in [1.54, 1.807) is 35.2 Å². The number of aromatic amines is 1. The van der Waals surface area contributed by atoms with Crippen LogP contribution in [0.4, 0.5) is 14.6 Å². The lowest BCUT2D eigenvalue weighted by molar-refractivity contribution is 0.0257. The van der Waals surface area contributed by atoms with E-state index in [9.17, 15) is 13.6 Å². The Hall–Kier alpha value is -2.41. The molecule has 24 heavy (non-hydrogen) atoms. The highest BCUT2D eigenvalue weighted by molar-refractivity contribution is 6.31. The number of benzene rings is 1. The molecule has 4 rings (SSSR count). The molecule has 1 saturated heterocycles. The van der Waals surface area contributed by atoms with Gasteiger partial charge in [0.25, 0.3) is 5.92 Å². The van der Waals surface area contributed by atoms with Crippen LogP contribution in [-0.2, 0) is 0 Å². The van der Waals surface area contributed by atoms with Gasteiger partial charge in [-0.15, -0.1) is 0 Å². The van der Waals surface area contributed by atoms with Crippen molar-refractivity contribution in [3.05, 3.63) is 52.0 Å². The minimum Gasteiger partial charge on any atom is -0.350 e. The van der Waals surface area contributed by atoms with E-state index in [0.29, 0.717) is 27.6 Å². The number of anilines is 1. The summed E-state index contributed by atoms with van der Waals surface area (Å²) >= 11 is 6.00. The first-order chi connectivity index (χ1) is 11.4. The van der Waals surface area contributed by atoms with Crippen LogP contribution in [0, 0.1) is 0 Å². The predicted octanol–water partition coefficient (Wildman–Crippen LogP) is 3.21. The molecule has 1 aliphatic rings. The Bertz CT molecular complexity index is 964. The number of fused-ring (bicyclic) bond motifs is 1. The number of pyridine rings is 1. The summed E-state index contributed by atoms with van der Waals surface area (Å²) in [6, 6.07) is 8.44. The maximum absolute atomic E-state index is 13.3. The first kappa shape index (κ1) is 15.1. The summed E-state index contributed by atoms with van der Waals surface area (Å²) in [6.45, 7) is -0.0655. The number of aromatic nitrogens is 3. The first-order valence-corrected chi connectivity index (χ1v) is 7.80. The summed E-state index contributed by atoms with van der Waals surface area (Å²) in [6.07, 6.45) is 1.33. The van der Waals surface area contributed by atoms with E-state index in [-0.39, 0.29) is 25.2 Å². The highest BCUT2D eigenvalue weighted by Crippen LogP contribution is 2.30. The molecule has 1 aromatic carbocycles. The number of halogens is 3. The van der Waals surface area contributed by atoms with Crippen molar-refractivity contribution in [3.63, 3.8) is 0 Å². The summed E-state index contributed by atoms with van der Waals surface area (Å²) in [5, 5.41) is 0.513. The van der Waals surface area contributed by atoms with E-state index >= 15 is 0 Å². The quantitative estimate of drug-likeness (QED) is 0.772. The second-order valence-corrected chi connectivity index (χ2v) is 6.27. The Morgan fingerprint density at radius 1 is 1.25 bits per heavy atom.